The van der Waals surface area contributed by atoms with Crippen LogP contribution in [0, 0.1) is 0 Å². The summed E-state index contributed by atoms with van der Waals surface area (Å²) in [5.74, 6) is 0. The van der Waals surface area contributed by atoms with Gasteiger partial charge in [0, 0.05) is 6.54 Å². The fraction of sp³-hybridized carbons (Fsp3) is 0.471. The molecule has 0 saturated carbocycles. The van der Waals surface area contributed by atoms with Crippen molar-refractivity contribution >= 4 is 6.41 Å². The number of aliphatic hydroxyl groups is 5. The quantitative estimate of drug-likeness (QED) is 0.208. The van der Waals surface area contributed by atoms with Gasteiger partial charge in [0.25, 0.3) is 0 Å². The minimum Gasteiger partial charge on any atom is -0.392 e. The first kappa shape index (κ1) is 19.5. The number of carbonyl (C=O) groups excluding carboxylic acids is 1. The summed E-state index contributed by atoms with van der Waals surface area (Å²) in [6, 6.07) is 7.36. The number of rotatable bonds is 8. The minimum absolute atomic E-state index is 0.0918. The van der Waals surface area contributed by atoms with E-state index in [2.05, 4.69) is 10.6 Å². The van der Waals surface area contributed by atoms with E-state index in [0.717, 1.165) is 0 Å². The molecule has 0 saturated heterocycles. The highest BCUT2D eigenvalue weighted by Gasteiger charge is 2.37. The molecule has 138 valence electrons. The fourth-order valence-corrected chi connectivity index (χ4v) is 2.87. The van der Waals surface area contributed by atoms with Crippen LogP contribution >= 0.6 is 0 Å². The van der Waals surface area contributed by atoms with Crippen molar-refractivity contribution in [3.05, 3.63) is 47.5 Å². The molecule has 8 nitrogen and oxygen atoms in total. The molecule has 0 aromatic heterocycles. The Morgan fingerprint density at radius 3 is 2.40 bits per heavy atom. The maximum Gasteiger partial charge on any atom is 0.207 e. The number of nitrogens with one attached hydrogen (secondary N) is 2. The van der Waals surface area contributed by atoms with Crippen LogP contribution < -0.4 is 10.6 Å². The van der Waals surface area contributed by atoms with Crippen LogP contribution in [0.5, 0.6) is 0 Å². The van der Waals surface area contributed by atoms with Gasteiger partial charge in [-0.05, 0) is 11.1 Å². The van der Waals surface area contributed by atoms with Crippen LogP contribution in [0.1, 0.15) is 11.7 Å². The van der Waals surface area contributed by atoms with Gasteiger partial charge >= 0.3 is 0 Å². The molecular weight excluding hydrogens is 328 g/mol. The van der Waals surface area contributed by atoms with Gasteiger partial charge in [0.1, 0.15) is 24.4 Å². The molecule has 2 rings (SSSR count). The lowest BCUT2D eigenvalue weighted by Crippen LogP contribution is -2.56. The number of carbonyl (C=O) groups is 1. The summed E-state index contributed by atoms with van der Waals surface area (Å²) >= 11 is 0. The normalized spacial score (nSPS) is 28.8. The molecule has 1 aromatic rings. The first-order valence-corrected chi connectivity index (χ1v) is 8.01. The zero-order valence-electron chi connectivity index (χ0n) is 13.6. The number of amides is 1. The van der Waals surface area contributed by atoms with Gasteiger partial charge in [0.2, 0.25) is 6.41 Å². The highest BCUT2D eigenvalue weighted by atomic mass is 16.4. The van der Waals surface area contributed by atoms with Gasteiger partial charge in [-0.1, -0.05) is 36.4 Å². The highest BCUT2D eigenvalue weighted by molar-refractivity contribution is 5.47. The minimum atomic E-state index is -1.44. The molecule has 1 aromatic carbocycles. The van der Waals surface area contributed by atoms with Crippen molar-refractivity contribution in [2.45, 2.75) is 36.5 Å². The Bertz CT molecular complexity index is 582. The van der Waals surface area contributed by atoms with Crippen molar-refractivity contribution in [1.82, 2.24) is 10.6 Å². The second-order valence-corrected chi connectivity index (χ2v) is 6.01. The maximum absolute atomic E-state index is 10.8. The Labute approximate surface area is 145 Å². The van der Waals surface area contributed by atoms with Crippen molar-refractivity contribution in [2.24, 2.45) is 0 Å². The SMILES string of the molecule is O=CNC(CNC1C=C(CO)C(O)[C@H](O)C1O)[C@H](O)c1ccccc1. The molecule has 6 atom stereocenters. The molecule has 0 bridgehead atoms. The van der Waals surface area contributed by atoms with Crippen molar-refractivity contribution in [3.63, 3.8) is 0 Å². The van der Waals surface area contributed by atoms with Gasteiger partial charge in [0.05, 0.1) is 18.7 Å². The standard InChI is InChI=1S/C17H24N2O6/c20-8-11-6-12(16(24)17(25)15(11)23)18-7-13(19-9-21)14(22)10-4-2-1-3-5-10/h1-6,9,12-18,20,22-25H,7-8H2,(H,19,21)/t12?,13?,14-,15?,16?,17+/m1/s1. The molecule has 0 spiro atoms. The predicted octanol–water partition coefficient (Wildman–Crippen LogP) is -2.19. The third-order valence-corrected chi connectivity index (χ3v) is 4.38. The summed E-state index contributed by atoms with van der Waals surface area (Å²) in [6.07, 6.45) is -3.14. The molecule has 0 aliphatic heterocycles. The summed E-state index contributed by atoms with van der Waals surface area (Å²) in [7, 11) is 0. The number of aliphatic hydroxyl groups excluding tert-OH is 5. The van der Waals surface area contributed by atoms with Crippen LogP contribution in [0.3, 0.4) is 0 Å². The molecule has 0 radical (unpaired) electrons. The van der Waals surface area contributed by atoms with Crippen molar-refractivity contribution in [2.75, 3.05) is 13.2 Å². The van der Waals surface area contributed by atoms with Crippen LogP contribution in [0.2, 0.25) is 0 Å². The molecule has 0 fully saturated rings. The lowest BCUT2D eigenvalue weighted by atomic mass is 9.88. The van der Waals surface area contributed by atoms with Gasteiger partial charge < -0.3 is 36.2 Å². The topological polar surface area (TPSA) is 142 Å². The zero-order chi connectivity index (χ0) is 18.4. The van der Waals surface area contributed by atoms with E-state index in [0.29, 0.717) is 12.0 Å². The van der Waals surface area contributed by atoms with Crippen LogP contribution in [0.4, 0.5) is 0 Å². The molecule has 7 N–H and O–H groups in total. The van der Waals surface area contributed by atoms with E-state index in [1.165, 1.54) is 6.08 Å². The Kier molecular flexibility index (Phi) is 7.06. The molecule has 25 heavy (non-hydrogen) atoms. The number of benzene rings is 1. The van der Waals surface area contributed by atoms with Crippen molar-refractivity contribution < 1.29 is 30.3 Å². The second-order valence-electron chi connectivity index (χ2n) is 6.01. The Balaban J connectivity index is 2.07. The van der Waals surface area contributed by atoms with Gasteiger partial charge in [-0.25, -0.2) is 0 Å². The summed E-state index contributed by atoms with van der Waals surface area (Å²) in [5.41, 5.74) is 0.814. The van der Waals surface area contributed by atoms with Crippen LogP contribution in [-0.4, -0.2) is 75.5 Å². The molecule has 0 heterocycles. The fourth-order valence-electron chi connectivity index (χ4n) is 2.87. The summed E-state index contributed by atoms with van der Waals surface area (Å²) in [6.45, 7) is -0.361. The second kappa shape index (κ2) is 9.04. The van der Waals surface area contributed by atoms with Crippen LogP contribution in [0.15, 0.2) is 42.0 Å². The van der Waals surface area contributed by atoms with E-state index in [-0.39, 0.29) is 12.1 Å². The van der Waals surface area contributed by atoms with Crippen LogP contribution in [-0.2, 0) is 4.79 Å². The van der Waals surface area contributed by atoms with E-state index in [1.807, 2.05) is 6.07 Å². The Morgan fingerprint density at radius 1 is 1.12 bits per heavy atom. The van der Waals surface area contributed by atoms with Crippen molar-refractivity contribution in [1.29, 1.82) is 0 Å². The van der Waals surface area contributed by atoms with Crippen LogP contribution in [0.25, 0.3) is 0 Å². The Morgan fingerprint density at radius 2 is 1.80 bits per heavy atom. The Hall–Kier alpha value is -1.81. The summed E-state index contributed by atoms with van der Waals surface area (Å²) in [5, 5.41) is 54.8. The smallest absolute Gasteiger partial charge is 0.207 e. The highest BCUT2D eigenvalue weighted by Crippen LogP contribution is 2.21. The van der Waals surface area contributed by atoms with E-state index in [9.17, 15) is 30.3 Å². The lowest BCUT2D eigenvalue weighted by molar-refractivity contribution is -0.111. The average molecular weight is 352 g/mol. The predicted molar refractivity (Wildman–Crippen MR) is 89.4 cm³/mol. The molecule has 4 unspecified atom stereocenters. The van der Waals surface area contributed by atoms with Gasteiger partial charge in [-0.15, -0.1) is 0 Å². The number of hydrogen-bond donors (Lipinski definition) is 7. The van der Waals surface area contributed by atoms with Gasteiger partial charge in [0.15, 0.2) is 0 Å². The monoisotopic (exact) mass is 352 g/mol. The molecule has 8 heteroatoms. The molecular formula is C17H24N2O6. The van der Waals surface area contributed by atoms with E-state index < -0.39 is 43.1 Å². The first-order valence-electron chi connectivity index (χ1n) is 8.01. The summed E-state index contributed by atoms with van der Waals surface area (Å²) in [4.78, 5) is 10.8. The van der Waals surface area contributed by atoms with Gasteiger partial charge in [-0.2, -0.15) is 0 Å². The zero-order valence-corrected chi connectivity index (χ0v) is 13.6. The largest absolute Gasteiger partial charge is 0.392 e. The molecule has 1 aliphatic rings. The van der Waals surface area contributed by atoms with Crippen molar-refractivity contribution in [3.8, 4) is 0 Å². The molecule has 1 aliphatic carbocycles. The maximum atomic E-state index is 10.8. The number of hydrogen-bond acceptors (Lipinski definition) is 7. The van der Waals surface area contributed by atoms with E-state index >= 15 is 0 Å². The van der Waals surface area contributed by atoms with E-state index in [4.69, 9.17) is 0 Å². The molecule has 1 amide bonds. The third-order valence-electron chi connectivity index (χ3n) is 4.38. The third kappa shape index (κ3) is 4.63. The van der Waals surface area contributed by atoms with E-state index in [1.54, 1.807) is 24.3 Å². The van der Waals surface area contributed by atoms with Gasteiger partial charge in [-0.3, -0.25) is 4.79 Å². The average Bonchev–Trinajstić information content (AvgIpc) is 2.64. The lowest BCUT2D eigenvalue weighted by Gasteiger charge is -2.35. The first-order chi connectivity index (χ1) is 12.0. The summed E-state index contributed by atoms with van der Waals surface area (Å²) < 4.78 is 0.